The van der Waals surface area contributed by atoms with Crippen molar-refractivity contribution >= 4 is 38.9 Å². The zero-order valence-corrected chi connectivity index (χ0v) is 35.2. The lowest BCUT2D eigenvalue weighted by atomic mass is 9.66. The highest BCUT2D eigenvalue weighted by molar-refractivity contribution is 6.06. The van der Waals surface area contributed by atoms with Gasteiger partial charge in [-0.15, -0.1) is 0 Å². The largest absolute Gasteiger partial charge is 0.456 e. The number of hydrogen-bond donors (Lipinski definition) is 0. The molecule has 0 bridgehead atoms. The maximum absolute atomic E-state index is 6.40. The number of rotatable bonds is 7. The van der Waals surface area contributed by atoms with Gasteiger partial charge in [0.25, 0.3) is 0 Å². The summed E-state index contributed by atoms with van der Waals surface area (Å²) in [7, 11) is 0. The van der Waals surface area contributed by atoms with E-state index in [1.165, 1.54) is 66.8 Å². The first-order valence-corrected chi connectivity index (χ1v) is 22.4. The molecule has 1 atom stereocenters. The molecule has 0 fully saturated rings. The molecule has 1 heterocycles. The molecule has 0 saturated carbocycles. The predicted molar refractivity (Wildman–Crippen MR) is 263 cm³/mol. The van der Waals surface area contributed by atoms with E-state index < -0.39 is 10.8 Å². The Labute approximate surface area is 373 Å². The van der Waals surface area contributed by atoms with Gasteiger partial charge in [0.1, 0.15) is 11.2 Å². The van der Waals surface area contributed by atoms with E-state index in [0.717, 1.165) is 39.7 Å². The molecule has 0 N–H and O–H groups in total. The second kappa shape index (κ2) is 14.3. The third kappa shape index (κ3) is 5.14. The number of furan rings is 1. The SMILES string of the molecule is C1=C2C(=CC(N(c3ccc(C4(c5ccccc5)c5ccccc5-c5ccccc54)cc3)c3ccc4oc5ccccc5c4c3)C1)C(c1ccccc1)(c1ccccc1)c1ccccc12. The van der Waals surface area contributed by atoms with Crippen molar-refractivity contribution in [1.29, 1.82) is 0 Å². The van der Waals surface area contributed by atoms with Crippen LogP contribution in [-0.2, 0) is 10.8 Å². The van der Waals surface area contributed by atoms with Crippen LogP contribution in [0.2, 0.25) is 0 Å². The fraction of sp³-hybridized carbons (Fsp3) is 0.0645. The molecule has 9 aromatic carbocycles. The molecule has 1 unspecified atom stereocenters. The van der Waals surface area contributed by atoms with Crippen LogP contribution in [0.1, 0.15) is 50.9 Å². The molecule has 0 amide bonds. The van der Waals surface area contributed by atoms with Crippen molar-refractivity contribution < 1.29 is 4.42 Å². The Balaban J connectivity index is 1.03. The Morgan fingerprint density at radius 1 is 0.391 bits per heavy atom. The van der Waals surface area contributed by atoms with E-state index >= 15 is 0 Å². The first-order chi connectivity index (χ1) is 31.7. The number of fused-ring (bicyclic) bond motifs is 9. The van der Waals surface area contributed by atoms with E-state index in [9.17, 15) is 0 Å². The number of nitrogens with zero attached hydrogens (tertiary/aromatic N) is 1. The van der Waals surface area contributed by atoms with Gasteiger partial charge in [-0.05, 0) is 110 Å². The summed E-state index contributed by atoms with van der Waals surface area (Å²) in [6, 6.07) is 85.0. The van der Waals surface area contributed by atoms with Crippen LogP contribution in [0.4, 0.5) is 11.4 Å². The maximum Gasteiger partial charge on any atom is 0.135 e. The van der Waals surface area contributed by atoms with Gasteiger partial charge in [0.05, 0.1) is 16.9 Å². The molecule has 64 heavy (non-hydrogen) atoms. The van der Waals surface area contributed by atoms with Crippen LogP contribution in [0.25, 0.3) is 38.6 Å². The summed E-state index contributed by atoms with van der Waals surface area (Å²) < 4.78 is 6.40. The second-order valence-corrected chi connectivity index (χ2v) is 17.4. The van der Waals surface area contributed by atoms with Crippen LogP contribution < -0.4 is 4.90 Å². The number of benzene rings is 9. The van der Waals surface area contributed by atoms with Crippen LogP contribution in [0.3, 0.4) is 0 Å². The van der Waals surface area contributed by atoms with Gasteiger partial charge in [-0.2, -0.15) is 0 Å². The Morgan fingerprint density at radius 3 is 1.48 bits per heavy atom. The summed E-state index contributed by atoms with van der Waals surface area (Å²) in [5.41, 5.74) is 18.7. The molecule has 2 nitrogen and oxygen atoms in total. The summed E-state index contributed by atoms with van der Waals surface area (Å²) in [5.74, 6) is 0. The van der Waals surface area contributed by atoms with Crippen molar-refractivity contribution in [2.24, 2.45) is 0 Å². The predicted octanol–water partition coefficient (Wildman–Crippen LogP) is 15.2. The molecule has 0 spiro atoms. The van der Waals surface area contributed by atoms with E-state index in [1.54, 1.807) is 0 Å². The van der Waals surface area contributed by atoms with E-state index in [-0.39, 0.29) is 6.04 Å². The van der Waals surface area contributed by atoms with Crippen LogP contribution in [0.15, 0.2) is 253 Å². The monoisotopic (exact) mass is 817 g/mol. The molecule has 10 aromatic rings. The molecule has 0 radical (unpaired) electrons. The molecule has 302 valence electrons. The first-order valence-electron chi connectivity index (χ1n) is 22.4. The van der Waals surface area contributed by atoms with Crippen LogP contribution in [0, 0.1) is 0 Å². The fourth-order valence-electron chi connectivity index (χ4n) is 11.8. The molecular formula is C62H43NO. The van der Waals surface area contributed by atoms with E-state index in [1.807, 2.05) is 6.07 Å². The van der Waals surface area contributed by atoms with Gasteiger partial charge >= 0.3 is 0 Å². The summed E-state index contributed by atoms with van der Waals surface area (Å²) in [6.07, 6.45) is 5.94. The lowest BCUT2D eigenvalue weighted by molar-refractivity contribution is 0.669. The topological polar surface area (TPSA) is 16.4 Å². The molecule has 3 aliphatic carbocycles. The minimum absolute atomic E-state index is 0.00246. The fourth-order valence-corrected chi connectivity index (χ4v) is 11.8. The normalized spacial score (nSPS) is 16.3. The Morgan fingerprint density at radius 2 is 0.859 bits per heavy atom. The van der Waals surface area contributed by atoms with Gasteiger partial charge < -0.3 is 9.32 Å². The third-order valence-corrected chi connectivity index (χ3v) is 14.4. The number of anilines is 2. The minimum atomic E-state index is -0.491. The van der Waals surface area contributed by atoms with Gasteiger partial charge in [-0.25, -0.2) is 0 Å². The maximum atomic E-state index is 6.40. The molecule has 1 aromatic heterocycles. The summed E-state index contributed by atoms with van der Waals surface area (Å²) in [6.45, 7) is 0. The average Bonchev–Trinajstić information content (AvgIpc) is 4.00. The minimum Gasteiger partial charge on any atom is -0.456 e. The van der Waals surface area contributed by atoms with E-state index in [2.05, 4.69) is 242 Å². The van der Waals surface area contributed by atoms with Crippen molar-refractivity contribution in [3.8, 4) is 11.1 Å². The van der Waals surface area contributed by atoms with Gasteiger partial charge in [-0.3, -0.25) is 0 Å². The van der Waals surface area contributed by atoms with Gasteiger partial charge in [0.15, 0.2) is 0 Å². The quantitative estimate of drug-likeness (QED) is 0.159. The standard InChI is InChI=1S/C62H43NO/c1-4-18-42(19-5-1)61(55-28-14-10-24-49(55)50-25-11-15-29-56(50)61)45-32-34-46(35-33-45)63(47-37-39-60-54(40-47)53-27-13-17-31-59(53)64-60)48-36-38-52-51-26-12-16-30-57(51)62(58(52)41-48,43-20-6-2-7-21-43)44-22-8-3-9-23-44/h1-35,37-41,48H,36H2. The molecule has 0 aliphatic heterocycles. The second-order valence-electron chi connectivity index (χ2n) is 17.4. The van der Waals surface area contributed by atoms with Crippen molar-refractivity contribution in [2.45, 2.75) is 23.3 Å². The highest BCUT2D eigenvalue weighted by Crippen LogP contribution is 2.59. The van der Waals surface area contributed by atoms with Gasteiger partial charge in [0, 0.05) is 22.1 Å². The van der Waals surface area contributed by atoms with Gasteiger partial charge in [0.2, 0.25) is 0 Å². The summed E-state index contributed by atoms with van der Waals surface area (Å²) >= 11 is 0. The summed E-state index contributed by atoms with van der Waals surface area (Å²) in [5, 5.41) is 2.24. The van der Waals surface area contributed by atoms with Crippen molar-refractivity contribution in [2.75, 3.05) is 4.90 Å². The van der Waals surface area contributed by atoms with Gasteiger partial charge in [-0.1, -0.05) is 206 Å². The van der Waals surface area contributed by atoms with Crippen molar-refractivity contribution in [3.05, 3.63) is 293 Å². The van der Waals surface area contributed by atoms with Crippen LogP contribution in [0.5, 0.6) is 0 Å². The average molecular weight is 818 g/mol. The number of para-hydroxylation sites is 1. The third-order valence-electron chi connectivity index (χ3n) is 14.4. The molecule has 2 heteroatoms. The number of hydrogen-bond acceptors (Lipinski definition) is 2. The highest BCUT2D eigenvalue weighted by Gasteiger charge is 2.50. The lowest BCUT2D eigenvalue weighted by Gasteiger charge is -2.39. The van der Waals surface area contributed by atoms with Crippen LogP contribution >= 0.6 is 0 Å². The molecule has 3 aliphatic rings. The number of allylic oxidation sites excluding steroid dienone is 2. The molecule has 13 rings (SSSR count). The lowest BCUT2D eigenvalue weighted by Crippen LogP contribution is -2.35. The van der Waals surface area contributed by atoms with Crippen molar-refractivity contribution in [1.82, 2.24) is 0 Å². The Hall–Kier alpha value is -7.94. The Kier molecular flexibility index (Phi) is 8.20. The highest BCUT2D eigenvalue weighted by atomic mass is 16.3. The van der Waals surface area contributed by atoms with Crippen molar-refractivity contribution in [3.63, 3.8) is 0 Å². The molecule has 0 saturated heterocycles. The first kappa shape index (κ1) is 36.7. The smallest absolute Gasteiger partial charge is 0.135 e. The zero-order valence-electron chi connectivity index (χ0n) is 35.2. The zero-order chi connectivity index (χ0) is 42.2. The van der Waals surface area contributed by atoms with E-state index in [0.29, 0.717) is 0 Å². The molecular weight excluding hydrogens is 775 g/mol. The van der Waals surface area contributed by atoms with E-state index in [4.69, 9.17) is 4.42 Å². The van der Waals surface area contributed by atoms with Crippen LogP contribution in [-0.4, -0.2) is 6.04 Å². The Bertz CT molecular complexity index is 3380. The summed E-state index contributed by atoms with van der Waals surface area (Å²) in [4.78, 5) is 2.57.